The Morgan fingerprint density at radius 3 is 2.31 bits per heavy atom. The molecule has 4 rings (SSSR count). The number of carboxylic acids is 1. The number of carboxylic acid groups (broad SMARTS) is 1. The molecule has 0 aliphatic heterocycles. The number of ketones is 1. The minimum absolute atomic E-state index is 0.0444. The van der Waals surface area contributed by atoms with Crippen LogP contribution >= 0.6 is 0 Å². The van der Waals surface area contributed by atoms with Crippen LogP contribution in [-0.4, -0.2) is 45.1 Å². The maximum atomic E-state index is 12.9. The number of ether oxygens (including phenoxy) is 1. The highest BCUT2D eigenvalue weighted by atomic mass is 16.5. The van der Waals surface area contributed by atoms with E-state index in [2.05, 4.69) is 5.32 Å². The molecule has 2 atom stereocenters. The zero-order chi connectivity index (χ0) is 25.8. The lowest BCUT2D eigenvalue weighted by molar-refractivity contribution is 0.0270. The average Bonchev–Trinajstić information content (AvgIpc) is 3.29. The van der Waals surface area contributed by atoms with Gasteiger partial charge in [0.25, 0.3) is 5.91 Å². The standard InChI is InChI=1S/C28H27NO7/c1-16-6-4-7-18(12-16)27(33)29-21-10-5-11-24(21)36-15-17-13-22(30)25(23(31)14-17)26(32)19-8-2-3-9-20(19)28(34)35/h2-4,6-9,12-14,21,24,30-31H,5,10-11,15H2,1H3,(H,29,33)(H,34,35)/t21-,24-/m1/s1. The molecule has 186 valence electrons. The van der Waals surface area contributed by atoms with Crippen molar-refractivity contribution in [2.75, 3.05) is 0 Å². The van der Waals surface area contributed by atoms with E-state index in [1.165, 1.54) is 36.4 Å². The van der Waals surface area contributed by atoms with Crippen molar-refractivity contribution in [2.24, 2.45) is 0 Å². The summed E-state index contributed by atoms with van der Waals surface area (Å²) in [4.78, 5) is 37.0. The highest BCUT2D eigenvalue weighted by molar-refractivity contribution is 6.16. The Balaban J connectivity index is 1.45. The molecule has 0 radical (unpaired) electrons. The number of phenols is 2. The molecule has 0 saturated heterocycles. The number of hydrogen-bond donors (Lipinski definition) is 4. The van der Waals surface area contributed by atoms with Crippen molar-refractivity contribution in [2.45, 2.75) is 44.9 Å². The Kier molecular flexibility index (Phi) is 7.36. The zero-order valence-electron chi connectivity index (χ0n) is 19.7. The Hall–Kier alpha value is -4.17. The molecule has 4 N–H and O–H groups in total. The van der Waals surface area contributed by atoms with Crippen molar-refractivity contribution in [1.29, 1.82) is 0 Å². The Labute approximate surface area is 208 Å². The lowest BCUT2D eigenvalue weighted by Crippen LogP contribution is -2.41. The molecular weight excluding hydrogens is 462 g/mol. The molecule has 1 amide bonds. The topological polar surface area (TPSA) is 133 Å². The zero-order valence-corrected chi connectivity index (χ0v) is 19.7. The summed E-state index contributed by atoms with van der Waals surface area (Å²) in [5.74, 6) is -3.21. The summed E-state index contributed by atoms with van der Waals surface area (Å²) in [6.45, 7) is 1.97. The van der Waals surface area contributed by atoms with Crippen molar-refractivity contribution in [3.63, 3.8) is 0 Å². The third-order valence-corrected chi connectivity index (χ3v) is 6.30. The Bertz CT molecular complexity index is 1290. The highest BCUT2D eigenvalue weighted by Gasteiger charge is 2.30. The first-order valence-electron chi connectivity index (χ1n) is 11.7. The lowest BCUT2D eigenvalue weighted by Gasteiger charge is -2.22. The molecule has 1 fully saturated rings. The van der Waals surface area contributed by atoms with Crippen LogP contribution < -0.4 is 5.32 Å². The largest absolute Gasteiger partial charge is 0.507 e. The number of phenolic OH excluding ortho intramolecular Hbond substituents is 2. The average molecular weight is 490 g/mol. The molecule has 3 aromatic rings. The van der Waals surface area contributed by atoms with Gasteiger partial charge in [-0.25, -0.2) is 4.79 Å². The fourth-order valence-corrected chi connectivity index (χ4v) is 4.52. The van der Waals surface area contributed by atoms with Crippen LogP contribution in [0.1, 0.15) is 67.0 Å². The second kappa shape index (κ2) is 10.6. The van der Waals surface area contributed by atoms with Gasteiger partial charge in [0.1, 0.15) is 17.1 Å². The van der Waals surface area contributed by atoms with Crippen LogP contribution in [0.5, 0.6) is 11.5 Å². The monoisotopic (exact) mass is 489 g/mol. The van der Waals surface area contributed by atoms with Gasteiger partial charge in [0.15, 0.2) is 0 Å². The first-order chi connectivity index (χ1) is 17.2. The molecule has 0 aromatic heterocycles. The summed E-state index contributed by atoms with van der Waals surface area (Å²) in [6, 6.07) is 15.4. The number of hydrogen-bond acceptors (Lipinski definition) is 6. The van der Waals surface area contributed by atoms with E-state index in [1.807, 2.05) is 25.1 Å². The predicted molar refractivity (Wildman–Crippen MR) is 131 cm³/mol. The van der Waals surface area contributed by atoms with Gasteiger partial charge >= 0.3 is 5.97 Å². The van der Waals surface area contributed by atoms with Crippen LogP contribution in [0, 0.1) is 6.92 Å². The molecule has 0 unspecified atom stereocenters. The molecule has 0 spiro atoms. The number of nitrogens with one attached hydrogen (secondary N) is 1. The van der Waals surface area contributed by atoms with Crippen LogP contribution in [0.15, 0.2) is 60.7 Å². The van der Waals surface area contributed by atoms with Gasteiger partial charge < -0.3 is 25.4 Å². The summed E-state index contributed by atoms with van der Waals surface area (Å²) in [5.41, 5.74) is 1.27. The third-order valence-electron chi connectivity index (χ3n) is 6.30. The fourth-order valence-electron chi connectivity index (χ4n) is 4.52. The third kappa shape index (κ3) is 5.39. The summed E-state index contributed by atoms with van der Waals surface area (Å²) in [5, 5.41) is 33.4. The minimum Gasteiger partial charge on any atom is -0.507 e. The van der Waals surface area contributed by atoms with Gasteiger partial charge in [-0.3, -0.25) is 9.59 Å². The van der Waals surface area contributed by atoms with Crippen LogP contribution in [0.3, 0.4) is 0 Å². The molecule has 8 nitrogen and oxygen atoms in total. The fraction of sp³-hybridized carbons (Fsp3) is 0.250. The van der Waals surface area contributed by atoms with E-state index >= 15 is 0 Å². The lowest BCUT2D eigenvalue weighted by atomic mass is 9.96. The van der Waals surface area contributed by atoms with Crippen molar-refractivity contribution in [1.82, 2.24) is 5.32 Å². The number of benzene rings is 3. The van der Waals surface area contributed by atoms with Crippen LogP contribution in [0.2, 0.25) is 0 Å². The van der Waals surface area contributed by atoms with Gasteiger partial charge in [-0.1, -0.05) is 35.9 Å². The van der Waals surface area contributed by atoms with Crippen molar-refractivity contribution in [3.8, 4) is 11.5 Å². The van der Waals surface area contributed by atoms with Gasteiger partial charge in [0, 0.05) is 11.1 Å². The van der Waals surface area contributed by atoms with Crippen molar-refractivity contribution >= 4 is 17.7 Å². The van der Waals surface area contributed by atoms with Crippen molar-refractivity contribution in [3.05, 3.63) is 94.0 Å². The molecular formula is C28H27NO7. The number of aryl methyl sites for hydroxylation is 1. The SMILES string of the molecule is Cc1cccc(C(=O)N[C@@H]2CCC[C@H]2OCc2cc(O)c(C(=O)c3ccccc3C(=O)O)c(O)c2)c1. The first kappa shape index (κ1) is 24.9. The van der Waals surface area contributed by atoms with Crippen LogP contribution in [0.25, 0.3) is 0 Å². The molecule has 36 heavy (non-hydrogen) atoms. The number of rotatable bonds is 8. The number of aromatic hydroxyl groups is 2. The summed E-state index contributed by atoms with van der Waals surface area (Å²) in [7, 11) is 0. The Morgan fingerprint density at radius 2 is 1.64 bits per heavy atom. The normalized spacial score (nSPS) is 17.0. The van der Waals surface area contributed by atoms with Crippen molar-refractivity contribution < 1.29 is 34.4 Å². The molecule has 0 heterocycles. The Morgan fingerprint density at radius 1 is 0.944 bits per heavy atom. The van der Waals surface area contributed by atoms with Gasteiger partial charge in [-0.15, -0.1) is 0 Å². The summed E-state index contributed by atoms with van der Waals surface area (Å²) < 4.78 is 6.01. The minimum atomic E-state index is -1.29. The molecule has 8 heteroatoms. The van der Waals surface area contributed by atoms with E-state index in [9.17, 15) is 29.7 Å². The number of carbonyl (C=O) groups excluding carboxylic acids is 2. The molecule has 1 aliphatic rings. The molecule has 0 bridgehead atoms. The van der Waals surface area contributed by atoms with Gasteiger partial charge in [-0.05, 0) is 62.1 Å². The molecule has 1 aliphatic carbocycles. The second-order valence-electron chi connectivity index (χ2n) is 8.92. The van der Waals surface area contributed by atoms with E-state index in [4.69, 9.17) is 4.74 Å². The number of amides is 1. The predicted octanol–water partition coefficient (Wildman–Crippen LogP) is 4.20. The van der Waals surface area contributed by atoms with Gasteiger partial charge in [0.05, 0.1) is 24.3 Å². The van der Waals surface area contributed by atoms with E-state index < -0.39 is 23.3 Å². The van der Waals surface area contributed by atoms with E-state index in [-0.39, 0.29) is 41.4 Å². The quantitative estimate of drug-likeness (QED) is 0.349. The number of carbonyl (C=O) groups is 3. The van der Waals surface area contributed by atoms with Gasteiger partial charge in [-0.2, -0.15) is 0 Å². The maximum Gasteiger partial charge on any atom is 0.336 e. The second-order valence-corrected chi connectivity index (χ2v) is 8.92. The molecule has 3 aromatic carbocycles. The van der Waals surface area contributed by atoms with Gasteiger partial charge in [0.2, 0.25) is 5.78 Å². The summed E-state index contributed by atoms with van der Waals surface area (Å²) >= 11 is 0. The highest BCUT2D eigenvalue weighted by Crippen LogP contribution is 2.33. The van der Waals surface area contributed by atoms with E-state index in [0.29, 0.717) is 11.1 Å². The first-order valence-corrected chi connectivity index (χ1v) is 11.7. The van der Waals surface area contributed by atoms with Crippen LogP contribution in [-0.2, 0) is 11.3 Å². The van der Waals surface area contributed by atoms with E-state index in [0.717, 1.165) is 24.8 Å². The smallest absolute Gasteiger partial charge is 0.336 e. The van der Waals surface area contributed by atoms with E-state index in [1.54, 1.807) is 6.07 Å². The maximum absolute atomic E-state index is 12.9. The molecule has 1 saturated carbocycles. The number of aromatic carboxylic acids is 1. The van der Waals surface area contributed by atoms with Crippen LogP contribution in [0.4, 0.5) is 0 Å². The summed E-state index contributed by atoms with van der Waals surface area (Å²) in [6.07, 6.45) is 2.16.